The van der Waals surface area contributed by atoms with Gasteiger partial charge in [0.15, 0.2) is 0 Å². The Balaban J connectivity index is 2.54. The number of carboxylic acid groups (broad SMARTS) is 1. The molecule has 1 aliphatic rings. The molecule has 2 N–H and O–H groups in total. The van der Waals surface area contributed by atoms with Crippen LogP contribution in [0.1, 0.15) is 51.9 Å². The van der Waals surface area contributed by atoms with Crippen molar-refractivity contribution in [3.8, 4) is 6.07 Å². The fourth-order valence-electron chi connectivity index (χ4n) is 2.75. The van der Waals surface area contributed by atoms with E-state index < -0.39 is 5.97 Å². The summed E-state index contributed by atoms with van der Waals surface area (Å²) >= 11 is 0. The van der Waals surface area contributed by atoms with Gasteiger partial charge < -0.3 is 10.4 Å². The van der Waals surface area contributed by atoms with E-state index in [0.29, 0.717) is 6.54 Å². The second kappa shape index (κ2) is 7.13. The summed E-state index contributed by atoms with van der Waals surface area (Å²) in [4.78, 5) is 22.9. The largest absolute Gasteiger partial charge is 0.481 e. The summed E-state index contributed by atoms with van der Waals surface area (Å²) in [6.45, 7) is 2.08. The van der Waals surface area contributed by atoms with Gasteiger partial charge in [0.25, 0.3) is 0 Å². The number of rotatable bonds is 6. The molecule has 5 nitrogen and oxygen atoms in total. The molecule has 5 heteroatoms. The maximum atomic E-state index is 11.9. The summed E-state index contributed by atoms with van der Waals surface area (Å²) in [6.07, 6.45) is 5.05. The van der Waals surface area contributed by atoms with Gasteiger partial charge in [-0.1, -0.05) is 19.3 Å². The molecule has 0 saturated heterocycles. The van der Waals surface area contributed by atoms with Crippen LogP contribution in [0.2, 0.25) is 0 Å². The molecule has 0 aromatic carbocycles. The first-order chi connectivity index (χ1) is 8.97. The second-order valence-electron chi connectivity index (χ2n) is 5.64. The number of carboxylic acids is 1. The van der Waals surface area contributed by atoms with Crippen molar-refractivity contribution in [3.05, 3.63) is 0 Å². The first-order valence-corrected chi connectivity index (χ1v) is 6.85. The van der Waals surface area contributed by atoms with E-state index in [0.717, 1.165) is 32.1 Å². The molecule has 1 rings (SSSR count). The summed E-state index contributed by atoms with van der Waals surface area (Å²) in [5.41, 5.74) is -0.385. The maximum Gasteiger partial charge on any atom is 0.303 e. The fraction of sp³-hybridized carbons (Fsp3) is 0.786. The molecule has 0 bridgehead atoms. The molecule has 1 saturated carbocycles. The van der Waals surface area contributed by atoms with Crippen LogP contribution in [0.25, 0.3) is 0 Å². The zero-order valence-electron chi connectivity index (χ0n) is 11.4. The number of hydrogen-bond acceptors (Lipinski definition) is 3. The quantitative estimate of drug-likeness (QED) is 0.770. The monoisotopic (exact) mass is 266 g/mol. The SMILES string of the molecule is CC(C#N)CNC(=O)CC1(CC(=O)O)CCCCC1. The summed E-state index contributed by atoms with van der Waals surface area (Å²) in [5.74, 6) is -1.18. The zero-order chi connectivity index (χ0) is 14.3. The molecule has 0 heterocycles. The highest BCUT2D eigenvalue weighted by atomic mass is 16.4. The molecule has 1 fully saturated rings. The smallest absolute Gasteiger partial charge is 0.303 e. The van der Waals surface area contributed by atoms with Crippen LogP contribution < -0.4 is 5.32 Å². The number of carbonyl (C=O) groups excluding carboxylic acids is 1. The molecule has 1 unspecified atom stereocenters. The molecule has 106 valence electrons. The van der Waals surface area contributed by atoms with E-state index in [2.05, 4.69) is 11.4 Å². The van der Waals surface area contributed by atoms with Gasteiger partial charge in [-0.3, -0.25) is 9.59 Å². The molecule has 0 radical (unpaired) electrons. The van der Waals surface area contributed by atoms with Crippen molar-refractivity contribution in [2.45, 2.75) is 51.9 Å². The van der Waals surface area contributed by atoms with E-state index in [9.17, 15) is 9.59 Å². The number of nitriles is 1. The minimum absolute atomic E-state index is 0.0637. The standard InChI is InChI=1S/C14H22N2O3/c1-11(9-15)10-16-12(17)7-14(8-13(18)19)5-3-2-4-6-14/h11H,2-8,10H2,1H3,(H,16,17)(H,18,19). The zero-order valence-corrected chi connectivity index (χ0v) is 11.4. The Morgan fingerprint density at radius 3 is 2.47 bits per heavy atom. The predicted molar refractivity (Wildman–Crippen MR) is 70.2 cm³/mol. The third kappa shape index (κ3) is 5.29. The summed E-state index contributed by atoms with van der Waals surface area (Å²) in [5, 5.41) is 20.4. The molecule has 1 amide bonds. The van der Waals surface area contributed by atoms with Crippen molar-refractivity contribution in [2.75, 3.05) is 6.54 Å². The third-order valence-electron chi connectivity index (χ3n) is 3.80. The van der Waals surface area contributed by atoms with E-state index in [-0.39, 0.29) is 30.1 Å². The van der Waals surface area contributed by atoms with E-state index >= 15 is 0 Å². The molecule has 0 aromatic heterocycles. The normalized spacial score (nSPS) is 19.2. The lowest BCUT2D eigenvalue weighted by atomic mass is 9.69. The van der Waals surface area contributed by atoms with Gasteiger partial charge in [-0.15, -0.1) is 0 Å². The molecular formula is C14H22N2O3. The van der Waals surface area contributed by atoms with Crippen molar-refractivity contribution < 1.29 is 14.7 Å². The Morgan fingerprint density at radius 2 is 1.95 bits per heavy atom. The van der Waals surface area contributed by atoms with E-state index in [1.165, 1.54) is 0 Å². The first kappa shape index (κ1) is 15.5. The van der Waals surface area contributed by atoms with Crippen LogP contribution in [0.5, 0.6) is 0 Å². The van der Waals surface area contributed by atoms with E-state index in [1.807, 2.05) is 0 Å². The molecular weight excluding hydrogens is 244 g/mol. The maximum absolute atomic E-state index is 11.9. The highest BCUT2D eigenvalue weighted by Crippen LogP contribution is 2.42. The van der Waals surface area contributed by atoms with Crippen molar-refractivity contribution in [1.82, 2.24) is 5.32 Å². The topological polar surface area (TPSA) is 90.2 Å². The first-order valence-electron chi connectivity index (χ1n) is 6.85. The second-order valence-corrected chi connectivity index (χ2v) is 5.64. The van der Waals surface area contributed by atoms with Crippen LogP contribution >= 0.6 is 0 Å². The molecule has 0 aliphatic heterocycles. The summed E-state index contributed by atoms with van der Waals surface area (Å²) < 4.78 is 0. The third-order valence-corrected chi connectivity index (χ3v) is 3.80. The Labute approximate surface area is 114 Å². The number of amides is 1. The number of carbonyl (C=O) groups is 2. The fourth-order valence-corrected chi connectivity index (χ4v) is 2.75. The Kier molecular flexibility index (Phi) is 5.81. The average Bonchev–Trinajstić information content (AvgIpc) is 2.35. The van der Waals surface area contributed by atoms with Crippen LogP contribution in [-0.2, 0) is 9.59 Å². The molecule has 1 aliphatic carbocycles. The Morgan fingerprint density at radius 1 is 1.32 bits per heavy atom. The predicted octanol–water partition coefficient (Wildman–Crippen LogP) is 2.08. The van der Waals surface area contributed by atoms with Gasteiger partial charge in [0.05, 0.1) is 18.4 Å². The number of nitrogens with zero attached hydrogens (tertiary/aromatic N) is 1. The van der Waals surface area contributed by atoms with Crippen molar-refractivity contribution in [1.29, 1.82) is 5.26 Å². The van der Waals surface area contributed by atoms with E-state index in [4.69, 9.17) is 10.4 Å². The van der Waals surface area contributed by atoms with Gasteiger partial charge in [-0.2, -0.15) is 5.26 Å². The lowest BCUT2D eigenvalue weighted by Gasteiger charge is -2.35. The van der Waals surface area contributed by atoms with Gasteiger partial charge >= 0.3 is 5.97 Å². The number of nitrogens with one attached hydrogen (secondary N) is 1. The highest BCUT2D eigenvalue weighted by Gasteiger charge is 2.36. The van der Waals surface area contributed by atoms with Crippen LogP contribution in [-0.4, -0.2) is 23.5 Å². The lowest BCUT2D eigenvalue weighted by Crippen LogP contribution is -2.36. The minimum atomic E-state index is -0.833. The van der Waals surface area contributed by atoms with Crippen molar-refractivity contribution in [3.63, 3.8) is 0 Å². The average molecular weight is 266 g/mol. The van der Waals surface area contributed by atoms with Crippen LogP contribution in [0.15, 0.2) is 0 Å². The molecule has 1 atom stereocenters. The molecule has 19 heavy (non-hydrogen) atoms. The van der Waals surface area contributed by atoms with Gasteiger partial charge in [0.1, 0.15) is 0 Å². The highest BCUT2D eigenvalue weighted by molar-refractivity contribution is 5.78. The summed E-state index contributed by atoms with van der Waals surface area (Å²) in [6, 6.07) is 2.06. The summed E-state index contributed by atoms with van der Waals surface area (Å²) in [7, 11) is 0. The molecule has 0 aromatic rings. The minimum Gasteiger partial charge on any atom is -0.481 e. The molecule has 0 spiro atoms. The van der Waals surface area contributed by atoms with Crippen LogP contribution in [0.4, 0.5) is 0 Å². The number of hydrogen-bond donors (Lipinski definition) is 2. The van der Waals surface area contributed by atoms with Gasteiger partial charge in [-0.25, -0.2) is 0 Å². The van der Waals surface area contributed by atoms with Gasteiger partial charge in [0.2, 0.25) is 5.91 Å². The van der Waals surface area contributed by atoms with E-state index in [1.54, 1.807) is 6.92 Å². The Hall–Kier alpha value is -1.57. The number of aliphatic carboxylic acids is 1. The Bertz CT molecular complexity index is 367. The van der Waals surface area contributed by atoms with Gasteiger partial charge in [0, 0.05) is 13.0 Å². The van der Waals surface area contributed by atoms with Crippen LogP contribution in [0.3, 0.4) is 0 Å². The van der Waals surface area contributed by atoms with Crippen molar-refractivity contribution in [2.24, 2.45) is 11.3 Å². The van der Waals surface area contributed by atoms with Gasteiger partial charge in [-0.05, 0) is 25.2 Å². The van der Waals surface area contributed by atoms with Crippen LogP contribution in [0, 0.1) is 22.7 Å². The van der Waals surface area contributed by atoms with Crippen molar-refractivity contribution >= 4 is 11.9 Å². The lowest BCUT2D eigenvalue weighted by molar-refractivity contribution is -0.141.